The van der Waals surface area contributed by atoms with Crippen LogP contribution in [0.4, 0.5) is 13.2 Å². The highest BCUT2D eigenvalue weighted by molar-refractivity contribution is 5.28. The van der Waals surface area contributed by atoms with Crippen LogP contribution in [0.1, 0.15) is 49.8 Å². The highest BCUT2D eigenvalue weighted by Crippen LogP contribution is 2.47. The second-order valence-electron chi connectivity index (χ2n) is 5.70. The minimum Gasteiger partial charge on any atom is -0.313 e. The molecule has 2 rings (SSSR count). The zero-order valence-electron chi connectivity index (χ0n) is 11.3. The molecule has 1 aliphatic rings. The van der Waals surface area contributed by atoms with Crippen molar-refractivity contribution in [3.63, 3.8) is 0 Å². The maximum absolute atomic E-state index is 12.6. The number of rotatable bonds is 3. The van der Waals surface area contributed by atoms with E-state index in [9.17, 15) is 13.2 Å². The normalized spacial score (nSPS) is 20.5. The molecule has 0 saturated heterocycles. The predicted octanol–water partition coefficient (Wildman–Crippen LogP) is 4.55. The Morgan fingerprint density at radius 2 is 1.63 bits per heavy atom. The summed E-state index contributed by atoms with van der Waals surface area (Å²) in [6.07, 6.45) is 0.397. The van der Waals surface area contributed by atoms with E-state index < -0.39 is 11.7 Å². The molecule has 19 heavy (non-hydrogen) atoms. The third-order valence-electron chi connectivity index (χ3n) is 4.30. The van der Waals surface area contributed by atoms with Gasteiger partial charge in [-0.25, -0.2) is 0 Å². The molecule has 1 aromatic rings. The summed E-state index contributed by atoms with van der Waals surface area (Å²) in [5.41, 5.74) is 0.511. The molecule has 1 unspecified atom stereocenters. The fourth-order valence-corrected chi connectivity index (χ4v) is 3.25. The molecule has 106 valence electrons. The highest BCUT2D eigenvalue weighted by atomic mass is 19.4. The molecule has 0 spiro atoms. The Hall–Kier alpha value is -1.03. The van der Waals surface area contributed by atoms with Crippen molar-refractivity contribution in [3.8, 4) is 0 Å². The van der Waals surface area contributed by atoms with Crippen LogP contribution in [0.3, 0.4) is 0 Å². The summed E-state index contributed by atoms with van der Waals surface area (Å²) in [7, 11) is 1.88. The Balaban J connectivity index is 2.24. The van der Waals surface area contributed by atoms with E-state index in [1.807, 2.05) is 7.05 Å². The Labute approximate surface area is 112 Å². The first-order valence-electron chi connectivity index (χ1n) is 6.71. The summed E-state index contributed by atoms with van der Waals surface area (Å²) in [5.74, 6) is 0. The second kappa shape index (κ2) is 5.16. The first-order valence-corrected chi connectivity index (χ1v) is 6.71. The molecule has 0 radical (unpaired) electrons. The van der Waals surface area contributed by atoms with Crippen LogP contribution in [0.2, 0.25) is 0 Å². The van der Waals surface area contributed by atoms with Gasteiger partial charge < -0.3 is 5.32 Å². The Bertz CT molecular complexity index is 416. The number of alkyl halides is 3. The van der Waals surface area contributed by atoms with Gasteiger partial charge in [0.2, 0.25) is 0 Å². The third-order valence-corrected chi connectivity index (χ3v) is 4.30. The van der Waals surface area contributed by atoms with Gasteiger partial charge in [0.25, 0.3) is 0 Å². The van der Waals surface area contributed by atoms with Crippen molar-refractivity contribution in [2.45, 2.75) is 44.8 Å². The van der Waals surface area contributed by atoms with E-state index in [0.717, 1.165) is 18.4 Å². The molecule has 4 heteroatoms. The largest absolute Gasteiger partial charge is 0.416 e. The highest BCUT2D eigenvalue weighted by Gasteiger charge is 2.37. The summed E-state index contributed by atoms with van der Waals surface area (Å²) < 4.78 is 37.7. The van der Waals surface area contributed by atoms with Gasteiger partial charge in [-0.15, -0.1) is 0 Å². The van der Waals surface area contributed by atoms with Crippen LogP contribution in [-0.4, -0.2) is 7.05 Å². The topological polar surface area (TPSA) is 12.0 Å². The zero-order chi connectivity index (χ0) is 14.1. The average molecular weight is 271 g/mol. The molecular weight excluding hydrogens is 251 g/mol. The lowest BCUT2D eigenvalue weighted by Crippen LogP contribution is -2.32. The van der Waals surface area contributed by atoms with Gasteiger partial charge in [0.1, 0.15) is 0 Å². The van der Waals surface area contributed by atoms with Crippen molar-refractivity contribution in [3.05, 3.63) is 35.4 Å². The minimum atomic E-state index is -4.26. The molecule has 0 heterocycles. The van der Waals surface area contributed by atoms with Crippen molar-refractivity contribution in [2.24, 2.45) is 5.41 Å². The quantitative estimate of drug-likeness (QED) is 0.850. The monoisotopic (exact) mass is 271 g/mol. The molecule has 0 bridgehead atoms. The van der Waals surface area contributed by atoms with Crippen LogP contribution in [0.5, 0.6) is 0 Å². The van der Waals surface area contributed by atoms with Crippen LogP contribution in [0, 0.1) is 5.41 Å². The summed E-state index contributed by atoms with van der Waals surface area (Å²) >= 11 is 0. The summed E-state index contributed by atoms with van der Waals surface area (Å²) in [6, 6.07) is 5.69. The average Bonchev–Trinajstić information content (AvgIpc) is 2.77. The maximum Gasteiger partial charge on any atom is 0.416 e. The van der Waals surface area contributed by atoms with Gasteiger partial charge in [-0.1, -0.05) is 31.9 Å². The van der Waals surface area contributed by atoms with Crippen molar-refractivity contribution >= 4 is 0 Å². The number of hydrogen-bond donors (Lipinski definition) is 1. The standard InChI is InChI=1S/C15H20F3N/c1-14(9-3-4-10-14)13(19-2)11-5-7-12(8-6-11)15(16,17)18/h5-8,13,19H,3-4,9-10H2,1-2H3. The van der Waals surface area contributed by atoms with E-state index in [1.165, 1.54) is 25.0 Å². The smallest absolute Gasteiger partial charge is 0.313 e. The van der Waals surface area contributed by atoms with Crippen molar-refractivity contribution in [1.29, 1.82) is 0 Å². The van der Waals surface area contributed by atoms with E-state index in [2.05, 4.69) is 12.2 Å². The lowest BCUT2D eigenvalue weighted by atomic mass is 9.77. The lowest BCUT2D eigenvalue weighted by Gasteiger charge is -2.34. The Morgan fingerprint density at radius 1 is 1.11 bits per heavy atom. The lowest BCUT2D eigenvalue weighted by molar-refractivity contribution is -0.137. The SMILES string of the molecule is CNC(c1ccc(C(F)(F)F)cc1)C1(C)CCCC1. The molecule has 0 aliphatic heterocycles. The molecule has 1 aromatic carbocycles. The second-order valence-corrected chi connectivity index (χ2v) is 5.70. The number of benzene rings is 1. The molecule has 0 aromatic heterocycles. The molecule has 1 aliphatic carbocycles. The summed E-state index contributed by atoms with van der Waals surface area (Å²) in [4.78, 5) is 0. The molecule has 1 nitrogen and oxygen atoms in total. The van der Waals surface area contributed by atoms with Gasteiger partial charge in [-0.05, 0) is 43.0 Å². The van der Waals surface area contributed by atoms with Crippen molar-refractivity contribution < 1.29 is 13.2 Å². The summed E-state index contributed by atoms with van der Waals surface area (Å²) in [6.45, 7) is 2.22. The van der Waals surface area contributed by atoms with Crippen molar-refractivity contribution in [1.82, 2.24) is 5.32 Å². The third kappa shape index (κ3) is 2.94. The van der Waals surface area contributed by atoms with E-state index in [0.29, 0.717) is 0 Å². The van der Waals surface area contributed by atoms with E-state index in [1.54, 1.807) is 12.1 Å². The molecule has 1 saturated carbocycles. The van der Waals surface area contributed by atoms with E-state index in [-0.39, 0.29) is 11.5 Å². The van der Waals surface area contributed by atoms with Crippen LogP contribution in [0.25, 0.3) is 0 Å². The van der Waals surface area contributed by atoms with Crippen LogP contribution >= 0.6 is 0 Å². The first kappa shape index (κ1) is 14.4. The van der Waals surface area contributed by atoms with Gasteiger partial charge in [-0.2, -0.15) is 13.2 Å². The molecular formula is C15H20F3N. The number of nitrogens with one attached hydrogen (secondary N) is 1. The molecule has 1 N–H and O–H groups in total. The first-order chi connectivity index (χ1) is 8.87. The molecule has 0 amide bonds. The van der Waals surface area contributed by atoms with Gasteiger partial charge in [0, 0.05) is 6.04 Å². The van der Waals surface area contributed by atoms with Crippen molar-refractivity contribution in [2.75, 3.05) is 7.05 Å². The van der Waals surface area contributed by atoms with Gasteiger partial charge in [-0.3, -0.25) is 0 Å². The predicted molar refractivity (Wildman–Crippen MR) is 69.8 cm³/mol. The fraction of sp³-hybridized carbons (Fsp3) is 0.600. The van der Waals surface area contributed by atoms with Crippen LogP contribution < -0.4 is 5.32 Å². The van der Waals surface area contributed by atoms with Crippen LogP contribution in [-0.2, 0) is 6.18 Å². The van der Waals surface area contributed by atoms with Gasteiger partial charge >= 0.3 is 6.18 Å². The minimum absolute atomic E-state index is 0.122. The number of hydrogen-bond acceptors (Lipinski definition) is 1. The van der Waals surface area contributed by atoms with Crippen LogP contribution in [0.15, 0.2) is 24.3 Å². The van der Waals surface area contributed by atoms with Gasteiger partial charge in [0.05, 0.1) is 5.56 Å². The van der Waals surface area contributed by atoms with Gasteiger partial charge in [0.15, 0.2) is 0 Å². The fourth-order valence-electron chi connectivity index (χ4n) is 3.25. The molecule has 1 atom stereocenters. The van der Waals surface area contributed by atoms with E-state index >= 15 is 0 Å². The summed E-state index contributed by atoms with van der Waals surface area (Å²) in [5, 5.41) is 3.28. The Kier molecular flexibility index (Phi) is 3.90. The zero-order valence-corrected chi connectivity index (χ0v) is 11.3. The molecule has 1 fully saturated rings. The Morgan fingerprint density at radius 3 is 2.05 bits per heavy atom. The van der Waals surface area contributed by atoms with E-state index in [4.69, 9.17) is 0 Å². The maximum atomic E-state index is 12.6. The number of halogens is 3.